The zero-order chi connectivity index (χ0) is 11.8. The summed E-state index contributed by atoms with van der Waals surface area (Å²) < 4.78 is 1.14. The van der Waals surface area contributed by atoms with Crippen LogP contribution in [0.15, 0.2) is 33.7 Å². The van der Waals surface area contributed by atoms with Gasteiger partial charge in [-0.05, 0) is 31.0 Å². The zero-order valence-electron chi connectivity index (χ0n) is 9.78. The molecule has 3 atom stereocenters. The summed E-state index contributed by atoms with van der Waals surface area (Å²) in [5.74, 6) is 1.62. The number of hydrogen-bond donors (Lipinski definition) is 2. The molecule has 0 radical (unpaired) electrons. The Bertz CT molecular complexity index is 440. The van der Waals surface area contributed by atoms with Gasteiger partial charge >= 0.3 is 0 Å². The molecule has 3 nitrogen and oxygen atoms in total. The highest BCUT2D eigenvalue weighted by molar-refractivity contribution is 9.10. The summed E-state index contributed by atoms with van der Waals surface area (Å²) in [5, 5.41) is 6.81. The second kappa shape index (κ2) is 4.33. The first kappa shape index (κ1) is 11.1. The number of benzene rings is 1. The second-order valence-corrected chi connectivity index (χ2v) is 5.79. The Morgan fingerprint density at radius 1 is 1.35 bits per heavy atom. The van der Waals surface area contributed by atoms with E-state index in [1.165, 1.54) is 12.0 Å². The van der Waals surface area contributed by atoms with Crippen LogP contribution in [0.2, 0.25) is 0 Å². The molecule has 4 heteroatoms. The monoisotopic (exact) mass is 293 g/mol. The molecule has 1 aromatic carbocycles. The molecule has 0 saturated heterocycles. The van der Waals surface area contributed by atoms with Crippen LogP contribution in [0.3, 0.4) is 0 Å². The van der Waals surface area contributed by atoms with E-state index in [9.17, 15) is 0 Å². The summed E-state index contributed by atoms with van der Waals surface area (Å²) >= 11 is 3.46. The van der Waals surface area contributed by atoms with Crippen LogP contribution in [0.1, 0.15) is 24.8 Å². The van der Waals surface area contributed by atoms with Crippen molar-refractivity contribution in [3.63, 3.8) is 0 Å². The number of guanidine groups is 1. The standard InChI is InChI=1S/C13H16BrN3/c1-8-7-15-13(16-8)17-12-6-11(12)9-2-4-10(14)5-3-9/h2-5,8,11-12H,6-7H2,1H3,(H2,15,16,17)/t8?,11-,12+/m0/s1. The van der Waals surface area contributed by atoms with Gasteiger partial charge in [-0.3, -0.25) is 4.99 Å². The molecule has 1 saturated carbocycles. The first-order valence-electron chi connectivity index (χ1n) is 6.05. The van der Waals surface area contributed by atoms with Gasteiger partial charge < -0.3 is 10.6 Å². The topological polar surface area (TPSA) is 36.4 Å². The smallest absolute Gasteiger partial charge is 0.191 e. The van der Waals surface area contributed by atoms with Crippen LogP contribution in [0.4, 0.5) is 0 Å². The van der Waals surface area contributed by atoms with E-state index >= 15 is 0 Å². The average Bonchev–Trinajstić information content (AvgIpc) is 2.94. The van der Waals surface area contributed by atoms with E-state index in [0.717, 1.165) is 17.0 Å². The third-order valence-corrected chi connectivity index (χ3v) is 3.85. The van der Waals surface area contributed by atoms with E-state index in [-0.39, 0.29) is 0 Å². The molecule has 90 valence electrons. The van der Waals surface area contributed by atoms with Crippen LogP contribution < -0.4 is 10.6 Å². The van der Waals surface area contributed by atoms with Gasteiger partial charge in [0.2, 0.25) is 0 Å². The predicted molar refractivity (Wildman–Crippen MR) is 73.3 cm³/mol. The molecule has 0 spiro atoms. The van der Waals surface area contributed by atoms with E-state index in [1.54, 1.807) is 0 Å². The first-order chi connectivity index (χ1) is 8.22. The lowest BCUT2D eigenvalue weighted by Gasteiger charge is -2.08. The fourth-order valence-corrected chi connectivity index (χ4v) is 2.51. The highest BCUT2D eigenvalue weighted by Gasteiger charge is 2.39. The van der Waals surface area contributed by atoms with Crippen molar-refractivity contribution >= 4 is 21.9 Å². The lowest BCUT2D eigenvalue weighted by atomic mass is 10.1. The van der Waals surface area contributed by atoms with Gasteiger partial charge in [0.05, 0.1) is 6.54 Å². The van der Waals surface area contributed by atoms with Crippen molar-refractivity contribution in [3.8, 4) is 0 Å². The minimum Gasteiger partial charge on any atom is -0.353 e. The summed E-state index contributed by atoms with van der Waals surface area (Å²) in [4.78, 5) is 4.43. The summed E-state index contributed by atoms with van der Waals surface area (Å²) in [6, 6.07) is 9.64. The lowest BCUT2D eigenvalue weighted by molar-refractivity contribution is 0.711. The molecule has 1 aliphatic carbocycles. The molecule has 1 aliphatic heterocycles. The zero-order valence-corrected chi connectivity index (χ0v) is 11.4. The van der Waals surface area contributed by atoms with Crippen molar-refractivity contribution in [3.05, 3.63) is 34.3 Å². The van der Waals surface area contributed by atoms with E-state index in [1.807, 2.05) is 0 Å². The van der Waals surface area contributed by atoms with Gasteiger partial charge in [0, 0.05) is 22.5 Å². The Hall–Kier alpha value is -1.03. The number of halogens is 1. The number of aliphatic imine (C=N–C) groups is 1. The molecule has 0 bridgehead atoms. The number of hydrogen-bond acceptors (Lipinski definition) is 3. The van der Waals surface area contributed by atoms with Crippen LogP contribution in [0.5, 0.6) is 0 Å². The van der Waals surface area contributed by atoms with E-state index in [4.69, 9.17) is 0 Å². The molecule has 1 aromatic rings. The Morgan fingerprint density at radius 2 is 2.12 bits per heavy atom. The largest absolute Gasteiger partial charge is 0.353 e. The van der Waals surface area contributed by atoms with Crippen LogP contribution >= 0.6 is 15.9 Å². The quantitative estimate of drug-likeness (QED) is 0.877. The predicted octanol–water partition coefficient (Wildman–Crippen LogP) is 2.24. The van der Waals surface area contributed by atoms with Crippen LogP contribution in [0, 0.1) is 0 Å². The molecule has 3 rings (SSSR count). The Balaban J connectivity index is 1.58. The summed E-state index contributed by atoms with van der Waals surface area (Å²) in [7, 11) is 0. The molecule has 0 amide bonds. The summed E-state index contributed by atoms with van der Waals surface area (Å²) in [6.07, 6.45) is 1.21. The highest BCUT2D eigenvalue weighted by Crippen LogP contribution is 2.41. The van der Waals surface area contributed by atoms with Crippen LogP contribution in [0.25, 0.3) is 0 Å². The molecule has 2 aliphatic rings. The van der Waals surface area contributed by atoms with Gasteiger partial charge in [-0.15, -0.1) is 0 Å². The maximum atomic E-state index is 4.43. The minimum absolute atomic E-state index is 0.474. The number of nitrogens with zero attached hydrogens (tertiary/aromatic N) is 1. The van der Waals surface area contributed by atoms with Crippen molar-refractivity contribution < 1.29 is 0 Å². The first-order valence-corrected chi connectivity index (χ1v) is 6.84. The summed E-state index contributed by atoms with van der Waals surface area (Å²) in [5.41, 5.74) is 1.41. The fourth-order valence-electron chi connectivity index (χ4n) is 2.25. The average molecular weight is 294 g/mol. The van der Waals surface area contributed by atoms with Gasteiger partial charge in [0.25, 0.3) is 0 Å². The molecule has 0 aromatic heterocycles. The van der Waals surface area contributed by atoms with E-state index in [2.05, 4.69) is 62.7 Å². The SMILES string of the molecule is CC1CN=C(N[C@@H]2C[C@H]2c2ccc(Br)cc2)N1. The highest BCUT2D eigenvalue weighted by atomic mass is 79.9. The molecule has 1 unspecified atom stereocenters. The van der Waals surface area contributed by atoms with E-state index in [0.29, 0.717) is 18.0 Å². The number of rotatable bonds is 2. The fraction of sp³-hybridized carbons (Fsp3) is 0.462. The summed E-state index contributed by atoms with van der Waals surface area (Å²) in [6.45, 7) is 3.04. The third kappa shape index (κ3) is 2.46. The van der Waals surface area contributed by atoms with Crippen molar-refractivity contribution in [2.75, 3.05) is 6.54 Å². The third-order valence-electron chi connectivity index (χ3n) is 3.32. The Kier molecular flexibility index (Phi) is 2.82. The van der Waals surface area contributed by atoms with Gasteiger partial charge in [-0.25, -0.2) is 0 Å². The molecule has 1 fully saturated rings. The minimum atomic E-state index is 0.474. The molecular weight excluding hydrogens is 278 g/mol. The lowest BCUT2D eigenvalue weighted by Crippen LogP contribution is -2.39. The Morgan fingerprint density at radius 3 is 2.76 bits per heavy atom. The maximum absolute atomic E-state index is 4.43. The molecule has 2 N–H and O–H groups in total. The molecule has 1 heterocycles. The van der Waals surface area contributed by atoms with Gasteiger partial charge in [0.15, 0.2) is 5.96 Å². The number of nitrogens with one attached hydrogen (secondary N) is 2. The van der Waals surface area contributed by atoms with Crippen molar-refractivity contribution in [1.29, 1.82) is 0 Å². The molecular formula is C13H16BrN3. The van der Waals surface area contributed by atoms with Crippen LogP contribution in [-0.2, 0) is 0 Å². The molecule has 17 heavy (non-hydrogen) atoms. The van der Waals surface area contributed by atoms with Crippen molar-refractivity contribution in [1.82, 2.24) is 10.6 Å². The second-order valence-electron chi connectivity index (χ2n) is 4.88. The normalized spacial score (nSPS) is 30.7. The van der Waals surface area contributed by atoms with Gasteiger partial charge in [0.1, 0.15) is 0 Å². The van der Waals surface area contributed by atoms with Crippen molar-refractivity contribution in [2.24, 2.45) is 4.99 Å². The Labute approximate surface area is 110 Å². The van der Waals surface area contributed by atoms with Crippen LogP contribution in [-0.4, -0.2) is 24.6 Å². The van der Waals surface area contributed by atoms with Gasteiger partial charge in [-0.1, -0.05) is 28.1 Å². The maximum Gasteiger partial charge on any atom is 0.191 e. The van der Waals surface area contributed by atoms with Crippen molar-refractivity contribution in [2.45, 2.75) is 31.3 Å². The van der Waals surface area contributed by atoms with Gasteiger partial charge in [-0.2, -0.15) is 0 Å². The van der Waals surface area contributed by atoms with E-state index < -0.39 is 0 Å².